The first kappa shape index (κ1) is 19.5. The van der Waals surface area contributed by atoms with Crippen LogP contribution in [0.2, 0.25) is 0 Å². The van der Waals surface area contributed by atoms with Gasteiger partial charge in [0, 0.05) is 24.4 Å². The maximum atomic E-state index is 12.5. The van der Waals surface area contributed by atoms with Gasteiger partial charge in [0.15, 0.2) is 0 Å². The number of pyridine rings is 1. The molecule has 2 aromatic rings. The van der Waals surface area contributed by atoms with E-state index in [0.29, 0.717) is 19.4 Å². The van der Waals surface area contributed by atoms with E-state index in [1.807, 2.05) is 0 Å². The summed E-state index contributed by atoms with van der Waals surface area (Å²) >= 11 is 0. The highest BCUT2D eigenvalue weighted by Gasteiger charge is 2.38. The minimum Gasteiger partial charge on any atom is -0.473 e. The fourth-order valence-corrected chi connectivity index (χ4v) is 4.19. The van der Waals surface area contributed by atoms with Gasteiger partial charge in [-0.05, 0) is 18.9 Å². The van der Waals surface area contributed by atoms with E-state index in [2.05, 4.69) is 19.6 Å². The molecule has 8 nitrogen and oxygen atoms in total. The van der Waals surface area contributed by atoms with Gasteiger partial charge in [0.05, 0.1) is 12.3 Å². The van der Waals surface area contributed by atoms with Gasteiger partial charge in [0.25, 0.3) is 0 Å². The van der Waals surface area contributed by atoms with Crippen LogP contribution in [0, 0.1) is 0 Å². The van der Waals surface area contributed by atoms with Gasteiger partial charge in [-0.1, -0.05) is 12.1 Å². The van der Waals surface area contributed by atoms with Gasteiger partial charge in [-0.25, -0.2) is 13.4 Å². The number of hydrogen-bond donors (Lipinski definition) is 0. The van der Waals surface area contributed by atoms with Gasteiger partial charge < -0.3 is 9.26 Å². The Kier molecular flexibility index (Phi) is 5.38. The van der Waals surface area contributed by atoms with Crippen molar-refractivity contribution in [3.8, 4) is 17.3 Å². The van der Waals surface area contributed by atoms with Gasteiger partial charge in [-0.15, -0.1) is 0 Å². The average molecular weight is 406 g/mol. The van der Waals surface area contributed by atoms with Crippen molar-refractivity contribution >= 4 is 10.0 Å². The van der Waals surface area contributed by atoms with E-state index < -0.39 is 22.1 Å². The van der Waals surface area contributed by atoms with Crippen molar-refractivity contribution in [3.05, 3.63) is 24.2 Å². The van der Waals surface area contributed by atoms with Crippen molar-refractivity contribution < 1.29 is 30.8 Å². The molecule has 148 valence electrons. The summed E-state index contributed by atoms with van der Waals surface area (Å²) in [5.74, 6) is -1.34. The molecule has 1 aliphatic heterocycles. The second-order valence-electron chi connectivity index (χ2n) is 6.01. The molecular weight excluding hydrogens is 389 g/mol. The van der Waals surface area contributed by atoms with Crippen LogP contribution in [-0.2, 0) is 16.2 Å². The van der Waals surface area contributed by atoms with E-state index in [1.165, 1.54) is 22.6 Å². The summed E-state index contributed by atoms with van der Waals surface area (Å²) in [5.41, 5.74) is 0.236. The van der Waals surface area contributed by atoms with Crippen LogP contribution in [0.1, 0.15) is 25.7 Å². The first-order valence-corrected chi connectivity index (χ1v) is 9.82. The summed E-state index contributed by atoms with van der Waals surface area (Å²) in [6, 6.07) is 2.91. The summed E-state index contributed by atoms with van der Waals surface area (Å²) in [4.78, 5) is 7.30. The van der Waals surface area contributed by atoms with Gasteiger partial charge >= 0.3 is 12.1 Å². The molecular formula is C15H17F3N4O4S. The van der Waals surface area contributed by atoms with Crippen molar-refractivity contribution in [1.29, 1.82) is 0 Å². The number of halogens is 3. The van der Waals surface area contributed by atoms with E-state index in [0.717, 1.165) is 0 Å². The zero-order chi connectivity index (χ0) is 19.7. The van der Waals surface area contributed by atoms with Crippen molar-refractivity contribution in [3.63, 3.8) is 0 Å². The molecule has 1 atom stereocenters. The molecule has 0 N–H and O–H groups in total. The zero-order valence-corrected chi connectivity index (χ0v) is 15.1. The average Bonchev–Trinajstić information content (AvgIpc) is 3.25. The van der Waals surface area contributed by atoms with Gasteiger partial charge in [0.1, 0.15) is 6.10 Å². The highest BCUT2D eigenvalue weighted by molar-refractivity contribution is 7.89. The van der Waals surface area contributed by atoms with Crippen molar-refractivity contribution in [1.82, 2.24) is 19.4 Å². The fraction of sp³-hybridized carbons (Fsp3) is 0.533. The highest BCUT2D eigenvalue weighted by atomic mass is 32.2. The van der Waals surface area contributed by atoms with Gasteiger partial charge in [-0.3, -0.25) is 0 Å². The van der Waals surface area contributed by atoms with E-state index in [4.69, 9.17) is 4.74 Å². The van der Waals surface area contributed by atoms with Crippen molar-refractivity contribution in [2.45, 2.75) is 32.0 Å². The molecule has 0 saturated carbocycles. The molecule has 1 aliphatic rings. The van der Waals surface area contributed by atoms with Crippen molar-refractivity contribution in [2.75, 3.05) is 18.8 Å². The lowest BCUT2D eigenvalue weighted by Crippen LogP contribution is -2.32. The lowest BCUT2D eigenvalue weighted by molar-refractivity contribution is -0.159. The molecule has 1 fully saturated rings. The Balaban J connectivity index is 1.63. The molecule has 3 heterocycles. The highest BCUT2D eigenvalue weighted by Crippen LogP contribution is 2.29. The molecule has 0 unspecified atom stereocenters. The molecule has 0 spiro atoms. The molecule has 2 aromatic heterocycles. The van der Waals surface area contributed by atoms with E-state index in [9.17, 15) is 21.6 Å². The summed E-state index contributed by atoms with van der Waals surface area (Å²) < 4.78 is 72.8. The van der Waals surface area contributed by atoms with E-state index >= 15 is 0 Å². The van der Waals surface area contributed by atoms with Crippen LogP contribution in [0.3, 0.4) is 0 Å². The molecule has 3 rings (SSSR count). The van der Waals surface area contributed by atoms with E-state index in [-0.39, 0.29) is 35.7 Å². The second kappa shape index (κ2) is 7.43. The Morgan fingerprint density at radius 3 is 2.74 bits per heavy atom. The maximum absolute atomic E-state index is 12.5. The summed E-state index contributed by atoms with van der Waals surface area (Å²) in [6.07, 6.45) is -2.71. The third-order valence-corrected chi connectivity index (χ3v) is 5.96. The predicted octanol–water partition coefficient (Wildman–Crippen LogP) is 2.34. The van der Waals surface area contributed by atoms with Crippen molar-refractivity contribution in [2.24, 2.45) is 0 Å². The van der Waals surface area contributed by atoms with Crippen LogP contribution < -0.4 is 4.74 Å². The molecule has 0 amide bonds. The van der Waals surface area contributed by atoms with Gasteiger partial charge in [0.2, 0.25) is 21.7 Å². The molecule has 0 radical (unpaired) electrons. The molecule has 12 heteroatoms. The van der Waals surface area contributed by atoms with Crippen LogP contribution >= 0.6 is 0 Å². The molecule has 27 heavy (non-hydrogen) atoms. The summed E-state index contributed by atoms with van der Waals surface area (Å²) in [6.45, 7) is 2.42. The standard InChI is InChI=1S/C15H17F3N4O4S/c1-2-7-27(23,24)22-6-5-11(9-22)25-12-4-3-10(8-19-12)13-20-14(26-21-13)15(16,17)18/h3-4,8,11H,2,5-7,9H2,1H3/t11-/m0/s1. The SMILES string of the molecule is CCCS(=O)(=O)N1CC[C@H](Oc2ccc(-c3noc(C(F)(F)F)n3)cn2)C1. The number of alkyl halides is 3. The fourth-order valence-electron chi connectivity index (χ4n) is 2.64. The van der Waals surface area contributed by atoms with Crippen LogP contribution in [0.5, 0.6) is 5.88 Å². The van der Waals surface area contributed by atoms with Crippen LogP contribution in [0.15, 0.2) is 22.9 Å². The summed E-state index contributed by atoms with van der Waals surface area (Å²) in [5, 5.41) is 3.28. The lowest BCUT2D eigenvalue weighted by Gasteiger charge is -2.16. The Morgan fingerprint density at radius 2 is 2.15 bits per heavy atom. The van der Waals surface area contributed by atoms with Crippen LogP contribution in [0.25, 0.3) is 11.4 Å². The second-order valence-corrected chi connectivity index (χ2v) is 8.10. The number of ether oxygens (including phenoxy) is 1. The quantitative estimate of drug-likeness (QED) is 0.726. The van der Waals surface area contributed by atoms with Crippen LogP contribution in [-0.4, -0.2) is 52.8 Å². The zero-order valence-electron chi connectivity index (χ0n) is 14.3. The first-order valence-electron chi connectivity index (χ1n) is 8.21. The molecule has 1 saturated heterocycles. The molecule has 0 bridgehead atoms. The van der Waals surface area contributed by atoms with Gasteiger partial charge in [-0.2, -0.15) is 22.5 Å². The number of rotatable bonds is 6. The Morgan fingerprint density at radius 1 is 1.37 bits per heavy atom. The number of aromatic nitrogens is 3. The lowest BCUT2D eigenvalue weighted by atomic mass is 10.2. The normalized spacial score (nSPS) is 18.7. The summed E-state index contributed by atoms with van der Waals surface area (Å²) in [7, 11) is -3.27. The Bertz CT molecular complexity index is 883. The third-order valence-electron chi connectivity index (χ3n) is 3.91. The Hall–Kier alpha value is -2.21. The number of nitrogens with zero attached hydrogens (tertiary/aromatic N) is 4. The molecule has 0 aromatic carbocycles. The minimum absolute atomic E-state index is 0.0945. The predicted molar refractivity (Wildman–Crippen MR) is 87.2 cm³/mol. The Labute approximate surface area is 153 Å². The molecule has 0 aliphatic carbocycles. The first-order chi connectivity index (χ1) is 12.7. The topological polar surface area (TPSA) is 98.4 Å². The van der Waals surface area contributed by atoms with Crippen LogP contribution in [0.4, 0.5) is 13.2 Å². The third kappa shape index (κ3) is 4.56. The maximum Gasteiger partial charge on any atom is 0.471 e. The van der Waals surface area contributed by atoms with E-state index in [1.54, 1.807) is 6.92 Å². The smallest absolute Gasteiger partial charge is 0.471 e. The number of sulfonamides is 1. The minimum atomic E-state index is -4.71. The largest absolute Gasteiger partial charge is 0.473 e. The number of hydrogen-bond acceptors (Lipinski definition) is 7. The monoisotopic (exact) mass is 406 g/mol.